The van der Waals surface area contributed by atoms with E-state index < -0.39 is 0 Å². The maximum Gasteiger partial charge on any atom is 0.232 e. The fraction of sp³-hybridized carbons (Fsp3) is 0.435. The van der Waals surface area contributed by atoms with Gasteiger partial charge in [-0.05, 0) is 41.8 Å². The van der Waals surface area contributed by atoms with E-state index in [1.807, 2.05) is 42.5 Å². The third-order valence-corrected chi connectivity index (χ3v) is 5.24. The number of methoxy groups -OCH3 is 2. The van der Waals surface area contributed by atoms with Gasteiger partial charge in [0.2, 0.25) is 5.91 Å². The van der Waals surface area contributed by atoms with Gasteiger partial charge in [-0.15, -0.1) is 0 Å². The molecule has 0 bridgehead atoms. The molecule has 1 saturated heterocycles. The van der Waals surface area contributed by atoms with Gasteiger partial charge >= 0.3 is 0 Å². The van der Waals surface area contributed by atoms with Crippen molar-refractivity contribution in [1.29, 1.82) is 0 Å². The largest absolute Gasteiger partial charge is 0.497 e. The number of nitrogens with zero attached hydrogens (tertiary/aromatic N) is 1. The van der Waals surface area contributed by atoms with Crippen molar-refractivity contribution in [3.63, 3.8) is 0 Å². The van der Waals surface area contributed by atoms with Crippen LogP contribution in [0.25, 0.3) is 0 Å². The standard InChI is InChI=1S/C23H30N2O4/c1-16(2)22(17-5-8-19(27-3)9-6-17)23(26)24-20-15-18(7-10-21(20)28-4)25-11-13-29-14-12-25/h5-10,15-16,22H,11-14H2,1-4H3,(H,24,26). The third kappa shape index (κ3) is 5.01. The third-order valence-electron chi connectivity index (χ3n) is 5.24. The number of ether oxygens (including phenoxy) is 3. The van der Waals surface area contributed by atoms with E-state index in [0.29, 0.717) is 24.7 Å². The van der Waals surface area contributed by atoms with E-state index in [1.54, 1.807) is 14.2 Å². The Hall–Kier alpha value is -2.73. The zero-order valence-corrected chi connectivity index (χ0v) is 17.6. The minimum absolute atomic E-state index is 0.0532. The van der Waals surface area contributed by atoms with E-state index in [1.165, 1.54) is 0 Å². The van der Waals surface area contributed by atoms with Gasteiger partial charge in [0, 0.05) is 18.8 Å². The van der Waals surface area contributed by atoms with Crippen LogP contribution in [0.1, 0.15) is 25.3 Å². The Bertz CT molecular complexity index is 814. The molecule has 2 aromatic rings. The lowest BCUT2D eigenvalue weighted by molar-refractivity contribution is -0.118. The number of amides is 1. The van der Waals surface area contributed by atoms with Crippen LogP contribution >= 0.6 is 0 Å². The first-order chi connectivity index (χ1) is 14.0. The van der Waals surface area contributed by atoms with Crippen LogP contribution in [-0.2, 0) is 9.53 Å². The molecule has 0 aromatic heterocycles. The molecule has 0 radical (unpaired) electrons. The Morgan fingerprint density at radius 2 is 1.72 bits per heavy atom. The molecular weight excluding hydrogens is 368 g/mol. The number of anilines is 2. The fourth-order valence-corrected chi connectivity index (χ4v) is 3.67. The monoisotopic (exact) mass is 398 g/mol. The number of carbonyl (C=O) groups excluding carboxylic acids is 1. The summed E-state index contributed by atoms with van der Waals surface area (Å²) < 4.78 is 16.2. The van der Waals surface area contributed by atoms with Crippen molar-refractivity contribution in [3.05, 3.63) is 48.0 Å². The molecule has 1 atom stereocenters. The summed E-state index contributed by atoms with van der Waals surface area (Å²) in [5.74, 6) is 1.22. The van der Waals surface area contributed by atoms with Crippen LogP contribution in [0.5, 0.6) is 11.5 Å². The highest BCUT2D eigenvalue weighted by Crippen LogP contribution is 2.33. The molecule has 1 aliphatic heterocycles. The number of morpholine rings is 1. The van der Waals surface area contributed by atoms with Crippen LogP contribution in [0.15, 0.2) is 42.5 Å². The van der Waals surface area contributed by atoms with Crippen molar-refractivity contribution in [3.8, 4) is 11.5 Å². The predicted octanol–water partition coefficient (Wildman–Crippen LogP) is 3.92. The molecular formula is C23H30N2O4. The van der Waals surface area contributed by atoms with Crippen LogP contribution in [0.4, 0.5) is 11.4 Å². The molecule has 1 fully saturated rings. The number of hydrogen-bond acceptors (Lipinski definition) is 5. The van der Waals surface area contributed by atoms with Gasteiger partial charge in [0.25, 0.3) is 0 Å². The van der Waals surface area contributed by atoms with Crippen molar-refractivity contribution in [2.24, 2.45) is 5.92 Å². The highest BCUT2D eigenvalue weighted by Gasteiger charge is 2.25. The SMILES string of the molecule is COc1ccc(C(C(=O)Nc2cc(N3CCOCC3)ccc2OC)C(C)C)cc1. The Morgan fingerprint density at radius 3 is 2.31 bits per heavy atom. The second-order valence-electron chi connectivity index (χ2n) is 7.47. The first-order valence-electron chi connectivity index (χ1n) is 9.99. The summed E-state index contributed by atoms with van der Waals surface area (Å²) in [6.45, 7) is 7.19. The Kier molecular flexibility index (Phi) is 6.99. The maximum absolute atomic E-state index is 13.2. The summed E-state index contributed by atoms with van der Waals surface area (Å²) in [6.07, 6.45) is 0. The number of carbonyl (C=O) groups is 1. The average Bonchev–Trinajstić information content (AvgIpc) is 2.74. The molecule has 6 heteroatoms. The quantitative estimate of drug-likeness (QED) is 0.766. The number of nitrogens with one attached hydrogen (secondary N) is 1. The van der Waals surface area contributed by atoms with Gasteiger partial charge in [-0.25, -0.2) is 0 Å². The topological polar surface area (TPSA) is 60.0 Å². The molecule has 6 nitrogen and oxygen atoms in total. The zero-order valence-electron chi connectivity index (χ0n) is 17.6. The van der Waals surface area contributed by atoms with Crippen LogP contribution in [-0.4, -0.2) is 46.4 Å². The van der Waals surface area contributed by atoms with E-state index in [9.17, 15) is 4.79 Å². The van der Waals surface area contributed by atoms with E-state index in [4.69, 9.17) is 14.2 Å². The second-order valence-corrected chi connectivity index (χ2v) is 7.47. The molecule has 1 N–H and O–H groups in total. The summed E-state index contributed by atoms with van der Waals surface area (Å²) >= 11 is 0. The van der Waals surface area contributed by atoms with E-state index in [2.05, 4.69) is 24.1 Å². The first-order valence-corrected chi connectivity index (χ1v) is 9.99. The van der Waals surface area contributed by atoms with Gasteiger partial charge < -0.3 is 24.4 Å². The molecule has 29 heavy (non-hydrogen) atoms. The van der Waals surface area contributed by atoms with Crippen LogP contribution < -0.4 is 19.7 Å². The molecule has 3 rings (SSSR count). The molecule has 0 spiro atoms. The van der Waals surface area contributed by atoms with Crippen LogP contribution in [0, 0.1) is 5.92 Å². The molecule has 1 unspecified atom stereocenters. The Morgan fingerprint density at radius 1 is 1.03 bits per heavy atom. The molecule has 0 saturated carbocycles. The van der Waals surface area contributed by atoms with Crippen molar-refractivity contribution in [2.45, 2.75) is 19.8 Å². The highest BCUT2D eigenvalue weighted by atomic mass is 16.5. The van der Waals surface area contributed by atoms with Gasteiger partial charge in [0.1, 0.15) is 11.5 Å². The van der Waals surface area contributed by atoms with Crippen molar-refractivity contribution in [2.75, 3.05) is 50.7 Å². The summed E-state index contributed by atoms with van der Waals surface area (Å²) in [5.41, 5.74) is 2.69. The lowest BCUT2D eigenvalue weighted by Gasteiger charge is -2.29. The summed E-state index contributed by atoms with van der Waals surface area (Å²) in [6, 6.07) is 13.6. The lowest BCUT2D eigenvalue weighted by atomic mass is 9.87. The van der Waals surface area contributed by atoms with Crippen molar-refractivity contribution >= 4 is 17.3 Å². The molecule has 0 aliphatic carbocycles. The lowest BCUT2D eigenvalue weighted by Crippen LogP contribution is -2.36. The zero-order chi connectivity index (χ0) is 20.8. The number of benzene rings is 2. The normalized spacial score (nSPS) is 15.1. The first kappa shape index (κ1) is 21.0. The van der Waals surface area contributed by atoms with Gasteiger partial charge in [-0.1, -0.05) is 26.0 Å². The van der Waals surface area contributed by atoms with Gasteiger partial charge in [-0.3, -0.25) is 4.79 Å². The Labute approximate surface area is 172 Å². The maximum atomic E-state index is 13.2. The summed E-state index contributed by atoms with van der Waals surface area (Å²) in [7, 11) is 3.25. The molecule has 2 aromatic carbocycles. The van der Waals surface area contributed by atoms with E-state index >= 15 is 0 Å². The summed E-state index contributed by atoms with van der Waals surface area (Å²) in [5, 5.41) is 3.10. The van der Waals surface area contributed by atoms with Gasteiger partial charge in [0.05, 0.1) is 39.0 Å². The van der Waals surface area contributed by atoms with E-state index in [-0.39, 0.29) is 17.7 Å². The Balaban J connectivity index is 1.84. The average molecular weight is 399 g/mol. The van der Waals surface area contributed by atoms with E-state index in [0.717, 1.165) is 30.1 Å². The van der Waals surface area contributed by atoms with Crippen LogP contribution in [0.3, 0.4) is 0 Å². The molecule has 1 amide bonds. The van der Waals surface area contributed by atoms with Gasteiger partial charge in [-0.2, -0.15) is 0 Å². The minimum atomic E-state index is -0.280. The number of hydrogen-bond donors (Lipinski definition) is 1. The fourth-order valence-electron chi connectivity index (χ4n) is 3.67. The number of rotatable bonds is 7. The van der Waals surface area contributed by atoms with Gasteiger partial charge in [0.15, 0.2) is 0 Å². The molecule has 1 heterocycles. The minimum Gasteiger partial charge on any atom is -0.497 e. The van der Waals surface area contributed by atoms with Crippen LogP contribution in [0.2, 0.25) is 0 Å². The highest BCUT2D eigenvalue weighted by molar-refractivity contribution is 5.97. The predicted molar refractivity (Wildman–Crippen MR) is 115 cm³/mol. The van der Waals surface area contributed by atoms with Crippen molar-refractivity contribution in [1.82, 2.24) is 0 Å². The summed E-state index contributed by atoms with van der Waals surface area (Å²) in [4.78, 5) is 15.5. The molecule has 1 aliphatic rings. The molecule has 156 valence electrons. The smallest absolute Gasteiger partial charge is 0.232 e. The second kappa shape index (κ2) is 9.65. The van der Waals surface area contributed by atoms with Crippen molar-refractivity contribution < 1.29 is 19.0 Å².